The van der Waals surface area contributed by atoms with Gasteiger partial charge < -0.3 is 9.80 Å². The summed E-state index contributed by atoms with van der Waals surface area (Å²) in [5.41, 5.74) is 13.8. The van der Waals surface area contributed by atoms with Gasteiger partial charge in [-0.2, -0.15) is 0 Å². The molecule has 208 valence electrons. The van der Waals surface area contributed by atoms with Crippen LogP contribution in [0.25, 0.3) is 0 Å². The maximum Gasteiger partial charge on any atom is 0.228 e. The third-order valence-electron chi connectivity index (χ3n) is 9.12. The van der Waals surface area contributed by atoms with Crippen LogP contribution in [0.3, 0.4) is 0 Å². The number of rotatable bonds is 0. The van der Waals surface area contributed by atoms with Crippen molar-refractivity contribution in [1.29, 1.82) is 0 Å². The molecular formula is C34H50N2O2. The van der Waals surface area contributed by atoms with Gasteiger partial charge in [0.15, 0.2) is 0 Å². The molecule has 0 aromatic heterocycles. The highest BCUT2D eigenvalue weighted by molar-refractivity contribution is 5.82. The first kappa shape index (κ1) is 29.9. The lowest BCUT2D eigenvalue weighted by Gasteiger charge is -2.36. The van der Waals surface area contributed by atoms with Crippen LogP contribution in [-0.4, -0.2) is 21.6 Å². The number of hydrogen-bond donors (Lipinski definition) is 0. The topological polar surface area (TPSA) is 40.6 Å². The van der Waals surface area contributed by atoms with Crippen molar-refractivity contribution in [3.05, 3.63) is 66.8 Å². The number of nitrogens with zero attached hydrogens (tertiary/aromatic N) is 2. The van der Waals surface area contributed by atoms with Crippen LogP contribution < -0.4 is 0 Å². The van der Waals surface area contributed by atoms with Crippen molar-refractivity contribution >= 4 is 11.8 Å². The molecule has 38 heavy (non-hydrogen) atoms. The molecule has 0 atom stereocenters. The van der Waals surface area contributed by atoms with Crippen LogP contribution in [0.2, 0.25) is 0 Å². The lowest BCUT2D eigenvalue weighted by Crippen LogP contribution is -2.41. The van der Waals surface area contributed by atoms with Crippen LogP contribution in [0.15, 0.2) is 0 Å². The quantitative estimate of drug-likeness (QED) is 0.360. The Bertz CT molecular complexity index is 1070. The summed E-state index contributed by atoms with van der Waals surface area (Å²) in [5, 5.41) is 0. The van der Waals surface area contributed by atoms with Gasteiger partial charge in [-0.05, 0) is 122 Å². The van der Waals surface area contributed by atoms with Gasteiger partial charge in [0, 0.05) is 37.0 Å². The number of hydrogen-bond acceptors (Lipinski definition) is 2. The van der Waals surface area contributed by atoms with Crippen molar-refractivity contribution < 1.29 is 9.59 Å². The zero-order valence-electron chi connectivity index (χ0n) is 26.5. The first-order chi connectivity index (χ1) is 17.3. The predicted octanol–water partition coefficient (Wildman–Crippen LogP) is 7.62. The zero-order valence-corrected chi connectivity index (χ0v) is 26.5. The number of carbonyl (C=O) groups is 2. The molecule has 4 nitrogen and oxygen atoms in total. The summed E-state index contributed by atoms with van der Waals surface area (Å²) in [6.07, 6.45) is 0. The molecule has 2 aromatic rings. The minimum absolute atomic E-state index is 0.169. The van der Waals surface area contributed by atoms with Gasteiger partial charge >= 0.3 is 0 Å². The van der Waals surface area contributed by atoms with Crippen molar-refractivity contribution in [2.24, 2.45) is 10.8 Å². The minimum atomic E-state index is -0.475. The highest BCUT2D eigenvalue weighted by Gasteiger charge is 2.33. The van der Waals surface area contributed by atoms with E-state index in [0.29, 0.717) is 26.2 Å². The van der Waals surface area contributed by atoms with E-state index in [1.165, 1.54) is 66.8 Å². The van der Waals surface area contributed by atoms with Crippen molar-refractivity contribution in [1.82, 2.24) is 9.80 Å². The van der Waals surface area contributed by atoms with E-state index in [1.807, 2.05) is 41.5 Å². The van der Waals surface area contributed by atoms with Gasteiger partial charge in [0.25, 0.3) is 0 Å². The summed E-state index contributed by atoms with van der Waals surface area (Å²) in [5.74, 6) is 0.339. The molecule has 2 aromatic carbocycles. The van der Waals surface area contributed by atoms with Crippen molar-refractivity contribution in [3.63, 3.8) is 0 Å². The highest BCUT2D eigenvalue weighted by Crippen LogP contribution is 2.35. The van der Waals surface area contributed by atoms with E-state index < -0.39 is 10.8 Å². The van der Waals surface area contributed by atoms with Gasteiger partial charge in [0.2, 0.25) is 11.8 Å². The first-order valence-corrected chi connectivity index (χ1v) is 14.0. The van der Waals surface area contributed by atoms with Crippen LogP contribution in [0, 0.1) is 66.2 Å². The first-order valence-electron chi connectivity index (χ1n) is 14.0. The molecule has 6 rings (SSSR count). The number of amides is 2. The van der Waals surface area contributed by atoms with Gasteiger partial charge in [-0.15, -0.1) is 0 Å². The zero-order chi connectivity index (χ0) is 29.1. The van der Waals surface area contributed by atoms with Crippen molar-refractivity contribution in [3.8, 4) is 0 Å². The summed E-state index contributed by atoms with van der Waals surface area (Å²) in [7, 11) is 0. The fourth-order valence-corrected chi connectivity index (χ4v) is 6.00. The summed E-state index contributed by atoms with van der Waals surface area (Å²) < 4.78 is 0. The largest absolute Gasteiger partial charge is 0.334 e. The fraction of sp³-hybridized carbons (Fsp3) is 0.588. The third kappa shape index (κ3) is 5.28. The van der Waals surface area contributed by atoms with E-state index in [9.17, 15) is 9.59 Å². The minimum Gasteiger partial charge on any atom is -0.334 e. The monoisotopic (exact) mass is 518 g/mol. The van der Waals surface area contributed by atoms with E-state index in [1.54, 1.807) is 0 Å². The van der Waals surface area contributed by atoms with Crippen LogP contribution in [0.5, 0.6) is 0 Å². The molecule has 0 saturated heterocycles. The predicted molar refractivity (Wildman–Crippen MR) is 158 cm³/mol. The lowest BCUT2D eigenvalue weighted by molar-refractivity contribution is -0.141. The van der Waals surface area contributed by atoms with Gasteiger partial charge in [-0.1, -0.05) is 41.5 Å². The molecule has 0 spiro atoms. The van der Waals surface area contributed by atoms with E-state index in [0.717, 1.165) is 0 Å². The molecule has 0 unspecified atom stereocenters. The molecule has 4 aliphatic rings. The molecule has 0 aliphatic carbocycles. The Morgan fingerprint density at radius 3 is 0.711 bits per heavy atom. The van der Waals surface area contributed by atoms with Gasteiger partial charge in [-0.3, -0.25) is 9.59 Å². The highest BCUT2D eigenvalue weighted by atomic mass is 16.2. The molecule has 0 N–H and O–H groups in total. The summed E-state index contributed by atoms with van der Waals surface area (Å²) in [4.78, 5) is 31.9. The normalized spacial score (nSPS) is 14.8. The number of carbonyl (C=O) groups excluding carboxylic acids is 2. The van der Waals surface area contributed by atoms with E-state index >= 15 is 0 Å². The molecule has 4 bridgehead atoms. The standard InChI is InChI=1S/C34H50N2O2/c1-19-20(2)28-16-36(32(38)34(12,13)14)18-30-25(7)23(5)29(24(6)26(30)8)17-35(31(37)33(9,10)11)15-27(19)21(3)22(28)4/h15-18H2,1-14H3. The molecule has 4 heteroatoms. The average molecular weight is 519 g/mol. The van der Waals surface area contributed by atoms with E-state index in [-0.39, 0.29) is 11.8 Å². The Kier molecular flexibility index (Phi) is 8.01. The lowest BCUT2D eigenvalue weighted by atomic mass is 9.84. The molecule has 0 saturated carbocycles. The molecule has 2 amide bonds. The van der Waals surface area contributed by atoms with Crippen LogP contribution in [-0.2, 0) is 35.8 Å². The molecule has 4 heterocycles. The summed E-state index contributed by atoms with van der Waals surface area (Å²) in [6.45, 7) is 31.9. The van der Waals surface area contributed by atoms with Gasteiger partial charge in [0.1, 0.15) is 0 Å². The molecule has 4 aliphatic heterocycles. The van der Waals surface area contributed by atoms with E-state index in [2.05, 4.69) is 65.2 Å². The van der Waals surface area contributed by atoms with Gasteiger partial charge in [0.05, 0.1) is 0 Å². The third-order valence-corrected chi connectivity index (χ3v) is 9.12. The Balaban J connectivity index is 2.40. The SMILES string of the molecule is Cc1c(C)c2c(C)c(C)c1CN(C(=O)C(C)(C)C)Cc1c(C)c(C)c(c(C)c1C)CN(C(=O)C(C)(C)C)C2. The molecular weight excluding hydrogens is 468 g/mol. The Hall–Kier alpha value is -2.62. The Morgan fingerprint density at radius 1 is 0.421 bits per heavy atom. The Labute approximate surface area is 231 Å². The van der Waals surface area contributed by atoms with Crippen molar-refractivity contribution in [2.75, 3.05) is 0 Å². The van der Waals surface area contributed by atoms with Crippen LogP contribution >= 0.6 is 0 Å². The summed E-state index contributed by atoms with van der Waals surface area (Å²) >= 11 is 0. The Morgan fingerprint density at radius 2 is 0.579 bits per heavy atom. The second-order valence-electron chi connectivity index (χ2n) is 13.7. The summed E-state index contributed by atoms with van der Waals surface area (Å²) in [6, 6.07) is 0. The smallest absolute Gasteiger partial charge is 0.228 e. The van der Waals surface area contributed by atoms with Crippen LogP contribution in [0.1, 0.15) is 108 Å². The van der Waals surface area contributed by atoms with E-state index in [4.69, 9.17) is 0 Å². The molecule has 0 fully saturated rings. The second kappa shape index (κ2) is 10.2. The van der Waals surface area contributed by atoms with Crippen LogP contribution in [0.4, 0.5) is 0 Å². The maximum atomic E-state index is 13.9. The second-order valence-corrected chi connectivity index (χ2v) is 13.7. The van der Waals surface area contributed by atoms with Crippen molar-refractivity contribution in [2.45, 2.75) is 123 Å². The molecule has 0 radical (unpaired) electrons. The number of benzene rings is 2. The average Bonchev–Trinajstić information content (AvgIpc) is 2.82. The fourth-order valence-electron chi connectivity index (χ4n) is 6.00. The van der Waals surface area contributed by atoms with Gasteiger partial charge in [-0.25, -0.2) is 0 Å². The maximum absolute atomic E-state index is 13.9.